The highest BCUT2D eigenvalue weighted by Crippen LogP contribution is 2.39. The second-order valence-corrected chi connectivity index (χ2v) is 5.91. The maximum absolute atomic E-state index is 2.38. The van der Waals surface area contributed by atoms with Gasteiger partial charge in [0.15, 0.2) is 0 Å². The molecule has 0 spiro atoms. The molecule has 0 unspecified atom stereocenters. The fourth-order valence-electron chi connectivity index (χ4n) is 3.35. The lowest BCUT2D eigenvalue weighted by Gasteiger charge is -2.11. The quantitative estimate of drug-likeness (QED) is 0.560. The molecule has 0 heteroatoms. The molecule has 0 heterocycles. The topological polar surface area (TPSA) is 0 Å². The molecule has 3 aromatic carbocycles. The van der Waals surface area contributed by atoms with E-state index in [9.17, 15) is 0 Å². The van der Waals surface area contributed by atoms with Crippen LogP contribution in [0.25, 0.3) is 22.8 Å². The van der Waals surface area contributed by atoms with Crippen molar-refractivity contribution in [1.82, 2.24) is 0 Å². The van der Waals surface area contributed by atoms with Crippen molar-refractivity contribution in [2.45, 2.75) is 13.3 Å². The molecule has 0 fully saturated rings. The first-order chi connectivity index (χ1) is 10.8. The maximum atomic E-state index is 2.38. The summed E-state index contributed by atoms with van der Waals surface area (Å²) in [5, 5.41) is 0. The number of rotatable bonds is 2. The Morgan fingerprint density at radius 3 is 2.00 bits per heavy atom. The van der Waals surface area contributed by atoms with Crippen molar-refractivity contribution in [2.24, 2.45) is 0 Å². The van der Waals surface area contributed by atoms with Crippen molar-refractivity contribution < 1.29 is 0 Å². The Labute approximate surface area is 131 Å². The number of fused-ring (bicyclic) bond motifs is 1. The number of hydrogen-bond donors (Lipinski definition) is 0. The molecule has 106 valence electrons. The average Bonchev–Trinajstić information content (AvgIpc) is 3.00. The van der Waals surface area contributed by atoms with Crippen LogP contribution in [0, 0.1) is 6.92 Å². The van der Waals surface area contributed by atoms with Gasteiger partial charge in [0.25, 0.3) is 0 Å². The van der Waals surface area contributed by atoms with Gasteiger partial charge in [-0.25, -0.2) is 0 Å². The van der Waals surface area contributed by atoms with Gasteiger partial charge in [-0.1, -0.05) is 72.8 Å². The highest BCUT2D eigenvalue weighted by molar-refractivity contribution is 5.94. The Bertz CT molecular complexity index is 840. The Morgan fingerprint density at radius 1 is 0.682 bits per heavy atom. The van der Waals surface area contributed by atoms with Crippen LogP contribution in [0.3, 0.4) is 0 Å². The minimum atomic E-state index is 1.03. The summed E-state index contributed by atoms with van der Waals surface area (Å²) >= 11 is 0. The third-order valence-corrected chi connectivity index (χ3v) is 4.45. The molecule has 1 aliphatic carbocycles. The Morgan fingerprint density at radius 2 is 1.32 bits per heavy atom. The van der Waals surface area contributed by atoms with Crippen molar-refractivity contribution in [2.75, 3.05) is 0 Å². The molecule has 0 nitrogen and oxygen atoms in total. The van der Waals surface area contributed by atoms with Gasteiger partial charge in [-0.2, -0.15) is 0 Å². The lowest BCUT2D eigenvalue weighted by molar-refractivity contribution is 1.30. The zero-order valence-corrected chi connectivity index (χ0v) is 12.7. The molecule has 3 aromatic rings. The molecular weight excluding hydrogens is 264 g/mol. The van der Waals surface area contributed by atoms with E-state index < -0.39 is 0 Å². The summed E-state index contributed by atoms with van der Waals surface area (Å²) in [5.41, 5.74) is 9.60. The molecule has 22 heavy (non-hydrogen) atoms. The fourth-order valence-corrected chi connectivity index (χ4v) is 3.35. The first-order valence-corrected chi connectivity index (χ1v) is 7.77. The van der Waals surface area contributed by atoms with Gasteiger partial charge >= 0.3 is 0 Å². The van der Waals surface area contributed by atoms with Gasteiger partial charge in [-0.05, 0) is 58.4 Å². The normalized spacial score (nSPS) is 12.9. The molecule has 0 atom stereocenters. The van der Waals surface area contributed by atoms with E-state index in [4.69, 9.17) is 0 Å². The molecule has 0 saturated carbocycles. The van der Waals surface area contributed by atoms with Crippen LogP contribution in [0.4, 0.5) is 0 Å². The van der Waals surface area contributed by atoms with Crippen LogP contribution in [0.15, 0.2) is 72.8 Å². The summed E-state index contributed by atoms with van der Waals surface area (Å²) in [5.74, 6) is 0. The maximum Gasteiger partial charge on any atom is -0.00134 e. The highest BCUT2D eigenvalue weighted by atomic mass is 14.2. The van der Waals surface area contributed by atoms with Crippen molar-refractivity contribution in [3.8, 4) is 11.1 Å². The first-order valence-electron chi connectivity index (χ1n) is 7.77. The Balaban J connectivity index is 1.88. The molecular formula is C22H18. The van der Waals surface area contributed by atoms with Crippen LogP contribution in [0.5, 0.6) is 0 Å². The van der Waals surface area contributed by atoms with E-state index >= 15 is 0 Å². The predicted molar refractivity (Wildman–Crippen MR) is 94.6 cm³/mol. The van der Waals surface area contributed by atoms with E-state index in [2.05, 4.69) is 85.8 Å². The summed E-state index contributed by atoms with van der Waals surface area (Å²) in [6, 6.07) is 26.0. The Kier molecular flexibility index (Phi) is 3.16. The van der Waals surface area contributed by atoms with E-state index in [0.29, 0.717) is 0 Å². The van der Waals surface area contributed by atoms with Crippen LogP contribution in [0.1, 0.15) is 22.3 Å². The number of benzene rings is 3. The van der Waals surface area contributed by atoms with Crippen molar-refractivity contribution >= 4 is 11.6 Å². The lowest BCUT2D eigenvalue weighted by Crippen LogP contribution is -1.91. The summed E-state index contributed by atoms with van der Waals surface area (Å²) < 4.78 is 0. The highest BCUT2D eigenvalue weighted by Gasteiger charge is 2.19. The minimum absolute atomic E-state index is 1.03. The molecule has 1 aliphatic rings. The van der Waals surface area contributed by atoms with Crippen LogP contribution >= 0.6 is 0 Å². The minimum Gasteiger partial charge on any atom is -0.0622 e. The molecule has 0 aromatic heterocycles. The lowest BCUT2D eigenvalue weighted by atomic mass is 9.93. The van der Waals surface area contributed by atoms with E-state index in [1.807, 2.05) is 0 Å². The second kappa shape index (κ2) is 5.31. The van der Waals surface area contributed by atoms with Crippen molar-refractivity contribution in [3.05, 3.63) is 95.1 Å². The number of aryl methyl sites for hydroxylation is 1. The van der Waals surface area contributed by atoms with Crippen LogP contribution in [-0.2, 0) is 6.42 Å². The SMILES string of the molecule is Cc1ccc2c(c1-c1ccccc1)C=C(c1ccccc1)C2. The summed E-state index contributed by atoms with van der Waals surface area (Å²) in [4.78, 5) is 0. The molecule has 0 aliphatic heterocycles. The third-order valence-electron chi connectivity index (χ3n) is 4.45. The van der Waals surface area contributed by atoms with E-state index in [1.54, 1.807) is 0 Å². The van der Waals surface area contributed by atoms with Crippen LogP contribution < -0.4 is 0 Å². The average molecular weight is 282 g/mol. The molecule has 0 N–H and O–H groups in total. The van der Waals surface area contributed by atoms with Crippen LogP contribution in [-0.4, -0.2) is 0 Å². The summed E-state index contributed by atoms with van der Waals surface area (Å²) in [7, 11) is 0. The third kappa shape index (κ3) is 2.17. The first kappa shape index (κ1) is 13.1. The molecule has 0 bridgehead atoms. The van der Waals surface area contributed by atoms with Crippen molar-refractivity contribution in [1.29, 1.82) is 0 Å². The number of hydrogen-bond acceptors (Lipinski definition) is 0. The predicted octanol–water partition coefficient (Wildman–Crippen LogP) is 5.76. The molecule has 0 saturated heterocycles. The largest absolute Gasteiger partial charge is 0.0622 e. The zero-order chi connectivity index (χ0) is 14.9. The van der Waals surface area contributed by atoms with Gasteiger partial charge < -0.3 is 0 Å². The Hall–Kier alpha value is -2.60. The monoisotopic (exact) mass is 282 g/mol. The van der Waals surface area contributed by atoms with Gasteiger partial charge in [0.05, 0.1) is 0 Å². The smallest absolute Gasteiger partial charge is 0.00134 e. The van der Waals surface area contributed by atoms with Gasteiger partial charge in [0.2, 0.25) is 0 Å². The molecule has 0 radical (unpaired) electrons. The fraction of sp³-hybridized carbons (Fsp3) is 0.0909. The van der Waals surface area contributed by atoms with Gasteiger partial charge in [-0.15, -0.1) is 0 Å². The van der Waals surface area contributed by atoms with Crippen LogP contribution in [0.2, 0.25) is 0 Å². The summed E-state index contributed by atoms with van der Waals surface area (Å²) in [6.45, 7) is 2.21. The summed E-state index contributed by atoms with van der Waals surface area (Å²) in [6.07, 6.45) is 3.40. The van der Waals surface area contributed by atoms with E-state index in [1.165, 1.54) is 39.0 Å². The number of allylic oxidation sites excluding steroid dienone is 1. The van der Waals surface area contributed by atoms with E-state index in [0.717, 1.165) is 6.42 Å². The standard InChI is InChI=1S/C22H18/c1-16-12-13-19-14-20(17-8-4-2-5-9-17)15-21(19)22(16)18-10-6-3-7-11-18/h2-13,15H,14H2,1H3. The second-order valence-electron chi connectivity index (χ2n) is 5.91. The van der Waals surface area contributed by atoms with Gasteiger partial charge in [0.1, 0.15) is 0 Å². The molecule has 4 rings (SSSR count). The van der Waals surface area contributed by atoms with E-state index in [-0.39, 0.29) is 0 Å². The zero-order valence-electron chi connectivity index (χ0n) is 12.7. The van der Waals surface area contributed by atoms with Gasteiger partial charge in [-0.3, -0.25) is 0 Å². The molecule has 0 amide bonds. The van der Waals surface area contributed by atoms with Crippen molar-refractivity contribution in [3.63, 3.8) is 0 Å². The van der Waals surface area contributed by atoms with Gasteiger partial charge in [0, 0.05) is 0 Å².